The third kappa shape index (κ3) is 3.18. The first kappa shape index (κ1) is 14.6. The van der Waals surface area contributed by atoms with E-state index in [4.69, 9.17) is 21.1 Å². The number of aliphatic hydroxyl groups is 1. The Labute approximate surface area is 122 Å². The summed E-state index contributed by atoms with van der Waals surface area (Å²) in [4.78, 5) is 8.24. The van der Waals surface area contributed by atoms with Crippen LogP contribution in [0.5, 0.6) is 11.8 Å². The standard InChI is InChI=1S/C14H15ClN2O3/c1-19-12-8-16-13(14(17-12)20-2)11(18)7-9-5-3-4-6-10(9)15/h3-6,8,11,18H,7H2,1-2H3. The van der Waals surface area contributed by atoms with Crippen LogP contribution in [0, 0.1) is 0 Å². The number of benzene rings is 1. The van der Waals surface area contributed by atoms with Crippen LogP contribution >= 0.6 is 11.6 Å². The molecule has 2 rings (SSSR count). The fourth-order valence-electron chi connectivity index (χ4n) is 1.81. The minimum absolute atomic E-state index is 0.240. The number of aromatic nitrogens is 2. The quantitative estimate of drug-likeness (QED) is 0.917. The van der Waals surface area contributed by atoms with Crippen LogP contribution < -0.4 is 9.47 Å². The average Bonchev–Trinajstić information content (AvgIpc) is 2.48. The molecular formula is C14H15ClN2O3. The number of halogens is 1. The molecule has 2 aromatic rings. The first-order valence-corrected chi connectivity index (χ1v) is 6.40. The molecule has 1 aromatic carbocycles. The Balaban J connectivity index is 2.25. The van der Waals surface area contributed by atoms with E-state index in [9.17, 15) is 5.11 Å². The highest BCUT2D eigenvalue weighted by Gasteiger charge is 2.19. The molecule has 0 spiro atoms. The van der Waals surface area contributed by atoms with Gasteiger partial charge in [0.25, 0.3) is 0 Å². The monoisotopic (exact) mass is 294 g/mol. The van der Waals surface area contributed by atoms with Crippen LogP contribution in [0.1, 0.15) is 17.4 Å². The highest BCUT2D eigenvalue weighted by atomic mass is 35.5. The molecule has 0 amide bonds. The molecule has 0 aliphatic carbocycles. The van der Waals surface area contributed by atoms with Crippen molar-refractivity contribution in [2.24, 2.45) is 0 Å². The molecule has 1 aromatic heterocycles. The van der Waals surface area contributed by atoms with Crippen molar-refractivity contribution in [2.45, 2.75) is 12.5 Å². The SMILES string of the molecule is COc1cnc(C(O)Cc2ccccc2Cl)c(OC)n1. The Morgan fingerprint density at radius 3 is 2.65 bits per heavy atom. The summed E-state index contributed by atoms with van der Waals surface area (Å²) in [5, 5.41) is 10.9. The van der Waals surface area contributed by atoms with Crippen molar-refractivity contribution in [1.29, 1.82) is 0 Å². The van der Waals surface area contributed by atoms with Gasteiger partial charge in [0.15, 0.2) is 0 Å². The number of aliphatic hydroxyl groups excluding tert-OH is 1. The van der Waals surface area contributed by atoms with Gasteiger partial charge >= 0.3 is 0 Å². The number of hydrogen-bond donors (Lipinski definition) is 1. The van der Waals surface area contributed by atoms with Gasteiger partial charge in [-0.1, -0.05) is 29.8 Å². The second kappa shape index (κ2) is 6.54. The van der Waals surface area contributed by atoms with Gasteiger partial charge in [0, 0.05) is 11.4 Å². The van der Waals surface area contributed by atoms with Crippen LogP contribution in [-0.2, 0) is 6.42 Å². The molecule has 6 heteroatoms. The molecule has 0 saturated heterocycles. The van der Waals surface area contributed by atoms with Gasteiger partial charge in [-0.2, -0.15) is 4.98 Å². The van der Waals surface area contributed by atoms with Crippen molar-refractivity contribution >= 4 is 11.6 Å². The van der Waals surface area contributed by atoms with Gasteiger partial charge in [-0.25, -0.2) is 4.98 Å². The van der Waals surface area contributed by atoms with Gasteiger partial charge in [0.1, 0.15) is 11.8 Å². The first-order chi connectivity index (χ1) is 9.65. The molecule has 0 radical (unpaired) electrons. The predicted octanol–water partition coefficient (Wildman–Crippen LogP) is 2.42. The molecule has 0 aliphatic heterocycles. The molecule has 20 heavy (non-hydrogen) atoms. The summed E-state index contributed by atoms with van der Waals surface area (Å²) in [6.07, 6.45) is 0.910. The smallest absolute Gasteiger partial charge is 0.241 e. The van der Waals surface area contributed by atoms with E-state index in [0.29, 0.717) is 23.0 Å². The second-order valence-corrected chi connectivity index (χ2v) is 4.53. The zero-order valence-electron chi connectivity index (χ0n) is 11.2. The van der Waals surface area contributed by atoms with E-state index in [0.717, 1.165) is 5.56 Å². The third-order valence-electron chi connectivity index (χ3n) is 2.83. The van der Waals surface area contributed by atoms with Gasteiger partial charge in [-0.3, -0.25) is 0 Å². The number of methoxy groups -OCH3 is 2. The summed E-state index contributed by atoms with van der Waals surface area (Å²) in [5.41, 5.74) is 1.19. The second-order valence-electron chi connectivity index (χ2n) is 4.12. The molecule has 106 valence electrons. The molecule has 0 aliphatic rings. The lowest BCUT2D eigenvalue weighted by Crippen LogP contribution is -2.08. The maximum atomic E-state index is 10.3. The zero-order chi connectivity index (χ0) is 14.5. The normalized spacial score (nSPS) is 12.0. The van der Waals surface area contributed by atoms with E-state index in [1.54, 1.807) is 6.07 Å². The summed E-state index contributed by atoms with van der Waals surface area (Å²) in [7, 11) is 2.96. The van der Waals surface area contributed by atoms with Crippen molar-refractivity contribution in [2.75, 3.05) is 14.2 Å². The molecule has 1 unspecified atom stereocenters. The van der Waals surface area contributed by atoms with E-state index in [1.165, 1.54) is 20.4 Å². The molecule has 1 N–H and O–H groups in total. The first-order valence-electron chi connectivity index (χ1n) is 6.02. The molecule has 1 atom stereocenters. The van der Waals surface area contributed by atoms with E-state index < -0.39 is 6.10 Å². The fraction of sp³-hybridized carbons (Fsp3) is 0.286. The van der Waals surface area contributed by atoms with Crippen LogP contribution in [0.25, 0.3) is 0 Å². The summed E-state index contributed by atoms with van der Waals surface area (Å²) >= 11 is 6.08. The summed E-state index contributed by atoms with van der Waals surface area (Å²) in [6.45, 7) is 0. The number of hydrogen-bond acceptors (Lipinski definition) is 5. The predicted molar refractivity (Wildman–Crippen MR) is 75.3 cm³/mol. The Kier molecular flexibility index (Phi) is 4.76. The molecule has 1 heterocycles. The van der Waals surface area contributed by atoms with Crippen LogP contribution in [-0.4, -0.2) is 29.3 Å². The zero-order valence-corrected chi connectivity index (χ0v) is 12.0. The third-order valence-corrected chi connectivity index (χ3v) is 3.20. The Hall–Kier alpha value is -1.85. The van der Waals surface area contributed by atoms with Crippen molar-refractivity contribution in [1.82, 2.24) is 9.97 Å². The lowest BCUT2D eigenvalue weighted by atomic mass is 10.1. The van der Waals surface area contributed by atoms with E-state index in [2.05, 4.69) is 9.97 Å². The minimum atomic E-state index is -0.858. The van der Waals surface area contributed by atoms with Crippen LogP contribution in [0.15, 0.2) is 30.5 Å². The molecular weight excluding hydrogens is 280 g/mol. The lowest BCUT2D eigenvalue weighted by molar-refractivity contribution is 0.167. The fourth-order valence-corrected chi connectivity index (χ4v) is 2.03. The van der Waals surface area contributed by atoms with Crippen molar-refractivity contribution in [3.63, 3.8) is 0 Å². The van der Waals surface area contributed by atoms with Gasteiger partial charge in [-0.15, -0.1) is 0 Å². The van der Waals surface area contributed by atoms with Gasteiger partial charge < -0.3 is 14.6 Å². The van der Waals surface area contributed by atoms with Crippen molar-refractivity contribution < 1.29 is 14.6 Å². The van der Waals surface area contributed by atoms with Crippen molar-refractivity contribution in [3.8, 4) is 11.8 Å². The Morgan fingerprint density at radius 2 is 2.00 bits per heavy atom. The average molecular weight is 295 g/mol. The van der Waals surface area contributed by atoms with E-state index >= 15 is 0 Å². The highest BCUT2D eigenvalue weighted by Crippen LogP contribution is 2.27. The van der Waals surface area contributed by atoms with Crippen LogP contribution in [0.2, 0.25) is 5.02 Å². The highest BCUT2D eigenvalue weighted by molar-refractivity contribution is 6.31. The lowest BCUT2D eigenvalue weighted by Gasteiger charge is -2.14. The van der Waals surface area contributed by atoms with Gasteiger partial charge in [0.05, 0.1) is 20.4 Å². The summed E-state index contributed by atoms with van der Waals surface area (Å²) in [6, 6.07) is 7.34. The molecule has 5 nitrogen and oxygen atoms in total. The van der Waals surface area contributed by atoms with Crippen LogP contribution in [0.3, 0.4) is 0 Å². The topological polar surface area (TPSA) is 64.5 Å². The Morgan fingerprint density at radius 1 is 1.25 bits per heavy atom. The maximum absolute atomic E-state index is 10.3. The minimum Gasteiger partial charge on any atom is -0.480 e. The van der Waals surface area contributed by atoms with Crippen LogP contribution in [0.4, 0.5) is 0 Å². The number of rotatable bonds is 5. The summed E-state index contributed by atoms with van der Waals surface area (Å²) in [5.74, 6) is 0.569. The maximum Gasteiger partial charge on any atom is 0.241 e. The molecule has 0 bridgehead atoms. The Bertz CT molecular complexity index is 592. The summed E-state index contributed by atoms with van der Waals surface area (Å²) < 4.78 is 10.1. The van der Waals surface area contributed by atoms with E-state index in [-0.39, 0.29) is 5.88 Å². The van der Waals surface area contributed by atoms with Gasteiger partial charge in [-0.05, 0) is 11.6 Å². The molecule has 0 saturated carbocycles. The molecule has 0 fully saturated rings. The number of nitrogens with zero attached hydrogens (tertiary/aromatic N) is 2. The van der Waals surface area contributed by atoms with E-state index in [1.807, 2.05) is 18.2 Å². The van der Waals surface area contributed by atoms with Crippen molar-refractivity contribution in [3.05, 3.63) is 46.7 Å². The largest absolute Gasteiger partial charge is 0.480 e. The number of ether oxygens (including phenoxy) is 2. The van der Waals surface area contributed by atoms with Gasteiger partial charge in [0.2, 0.25) is 11.8 Å².